The van der Waals surface area contributed by atoms with Crippen molar-refractivity contribution in [3.63, 3.8) is 0 Å². The van der Waals surface area contributed by atoms with Crippen molar-refractivity contribution in [3.05, 3.63) is 60.3 Å². The second kappa shape index (κ2) is 6.13. The van der Waals surface area contributed by atoms with Crippen molar-refractivity contribution in [1.82, 2.24) is 19.4 Å². The molecule has 0 radical (unpaired) electrons. The number of hydrogen-bond donors (Lipinski definition) is 0. The molecule has 118 valence electrons. The summed E-state index contributed by atoms with van der Waals surface area (Å²) in [5, 5.41) is 1.24. The zero-order valence-corrected chi connectivity index (χ0v) is 13.5. The minimum atomic E-state index is 0.721. The first kappa shape index (κ1) is 14.4. The van der Waals surface area contributed by atoms with Crippen LogP contribution in [0.4, 0.5) is 0 Å². The van der Waals surface area contributed by atoms with Gasteiger partial charge in [-0.2, -0.15) is 0 Å². The number of para-hydroxylation sites is 1. The lowest BCUT2D eigenvalue weighted by Crippen LogP contribution is -2.22. The maximum Gasteiger partial charge on any atom is 0.122 e. The minimum absolute atomic E-state index is 0.721. The molecule has 1 aliphatic rings. The Bertz CT molecular complexity index is 808. The van der Waals surface area contributed by atoms with Crippen LogP contribution in [0.3, 0.4) is 0 Å². The number of benzene rings is 1. The average molecular weight is 306 g/mol. The van der Waals surface area contributed by atoms with Gasteiger partial charge >= 0.3 is 0 Å². The van der Waals surface area contributed by atoms with Crippen molar-refractivity contribution < 1.29 is 0 Å². The Labute approximate surface area is 136 Å². The van der Waals surface area contributed by atoms with E-state index in [9.17, 15) is 0 Å². The Morgan fingerprint density at radius 2 is 2.13 bits per heavy atom. The van der Waals surface area contributed by atoms with E-state index in [2.05, 4.69) is 50.7 Å². The minimum Gasteiger partial charge on any atom is -0.337 e. The van der Waals surface area contributed by atoms with E-state index in [-0.39, 0.29) is 0 Å². The Hall–Kier alpha value is -2.20. The Morgan fingerprint density at radius 1 is 1.22 bits per heavy atom. The Kier molecular flexibility index (Phi) is 3.83. The fourth-order valence-corrected chi connectivity index (χ4v) is 3.53. The largest absolute Gasteiger partial charge is 0.337 e. The molecule has 1 unspecified atom stereocenters. The van der Waals surface area contributed by atoms with E-state index >= 15 is 0 Å². The van der Waals surface area contributed by atoms with Gasteiger partial charge in [0.2, 0.25) is 0 Å². The second-order valence-corrected chi connectivity index (χ2v) is 6.58. The lowest BCUT2D eigenvalue weighted by molar-refractivity contribution is 0.305. The first-order chi connectivity index (χ1) is 11.3. The molecule has 0 saturated carbocycles. The van der Waals surface area contributed by atoms with Gasteiger partial charge in [0.15, 0.2) is 0 Å². The van der Waals surface area contributed by atoms with Crippen LogP contribution in [-0.4, -0.2) is 32.5 Å². The Morgan fingerprint density at radius 3 is 3.00 bits per heavy atom. The van der Waals surface area contributed by atoms with Crippen LogP contribution < -0.4 is 0 Å². The third kappa shape index (κ3) is 3.13. The van der Waals surface area contributed by atoms with Crippen molar-refractivity contribution >= 4 is 10.9 Å². The van der Waals surface area contributed by atoms with Crippen LogP contribution in [0.1, 0.15) is 17.8 Å². The third-order valence-electron chi connectivity index (χ3n) is 4.83. The smallest absolute Gasteiger partial charge is 0.122 e. The van der Waals surface area contributed by atoms with Gasteiger partial charge in [-0.3, -0.25) is 9.88 Å². The highest BCUT2D eigenvalue weighted by Gasteiger charge is 2.23. The molecule has 0 spiro atoms. The van der Waals surface area contributed by atoms with Gasteiger partial charge in [0.05, 0.1) is 12.1 Å². The number of hydrogen-bond acceptors (Lipinski definition) is 3. The predicted octanol–water partition coefficient (Wildman–Crippen LogP) is 3.03. The zero-order valence-electron chi connectivity index (χ0n) is 13.5. The molecule has 2 aromatic heterocycles. The molecular formula is C19H22N4. The quantitative estimate of drug-likeness (QED) is 0.743. The van der Waals surface area contributed by atoms with E-state index in [1.54, 1.807) is 0 Å². The molecule has 1 fully saturated rings. The van der Waals surface area contributed by atoms with Gasteiger partial charge in [0.25, 0.3) is 0 Å². The van der Waals surface area contributed by atoms with Gasteiger partial charge in [0, 0.05) is 37.6 Å². The SMILES string of the molecule is Cn1ccnc1CN1CCC(Cc2cnc3ccccc3c2)C1. The number of fused-ring (bicyclic) bond motifs is 1. The summed E-state index contributed by atoms with van der Waals surface area (Å²) in [6.45, 7) is 3.27. The monoisotopic (exact) mass is 306 g/mol. The third-order valence-corrected chi connectivity index (χ3v) is 4.83. The van der Waals surface area contributed by atoms with Crippen LogP contribution in [0.5, 0.6) is 0 Å². The number of aromatic nitrogens is 3. The van der Waals surface area contributed by atoms with Gasteiger partial charge in [-0.25, -0.2) is 4.98 Å². The van der Waals surface area contributed by atoms with E-state index in [1.165, 1.54) is 23.9 Å². The van der Waals surface area contributed by atoms with Crippen molar-refractivity contribution in [2.75, 3.05) is 13.1 Å². The number of likely N-dealkylation sites (tertiary alicyclic amines) is 1. The molecule has 1 atom stereocenters. The van der Waals surface area contributed by atoms with E-state index in [0.29, 0.717) is 0 Å². The van der Waals surface area contributed by atoms with Gasteiger partial charge in [-0.05, 0) is 43.0 Å². The highest BCUT2D eigenvalue weighted by Crippen LogP contribution is 2.23. The molecule has 4 rings (SSSR count). The van der Waals surface area contributed by atoms with Crippen molar-refractivity contribution in [2.45, 2.75) is 19.4 Å². The van der Waals surface area contributed by atoms with Crippen LogP contribution in [0.2, 0.25) is 0 Å². The molecule has 3 heterocycles. The van der Waals surface area contributed by atoms with Gasteiger partial charge in [-0.1, -0.05) is 18.2 Å². The van der Waals surface area contributed by atoms with Gasteiger partial charge in [0.1, 0.15) is 5.82 Å². The van der Waals surface area contributed by atoms with Crippen LogP contribution >= 0.6 is 0 Å². The fraction of sp³-hybridized carbons (Fsp3) is 0.368. The first-order valence-corrected chi connectivity index (χ1v) is 8.30. The summed E-state index contributed by atoms with van der Waals surface area (Å²) >= 11 is 0. The van der Waals surface area contributed by atoms with Crippen LogP contribution in [0.25, 0.3) is 10.9 Å². The summed E-state index contributed by atoms with van der Waals surface area (Å²) in [5.74, 6) is 1.87. The lowest BCUT2D eigenvalue weighted by atomic mass is 9.99. The summed E-state index contributed by atoms with van der Waals surface area (Å²) in [4.78, 5) is 11.5. The van der Waals surface area contributed by atoms with Crippen molar-refractivity contribution in [2.24, 2.45) is 13.0 Å². The topological polar surface area (TPSA) is 34.0 Å². The molecule has 1 aliphatic heterocycles. The van der Waals surface area contributed by atoms with E-state index in [4.69, 9.17) is 0 Å². The van der Waals surface area contributed by atoms with Crippen LogP contribution in [0, 0.1) is 5.92 Å². The summed E-state index contributed by atoms with van der Waals surface area (Å²) in [5.41, 5.74) is 2.44. The molecule has 0 bridgehead atoms. The van der Waals surface area contributed by atoms with E-state index in [0.717, 1.165) is 36.8 Å². The average Bonchev–Trinajstić information content (AvgIpc) is 3.17. The number of nitrogens with zero attached hydrogens (tertiary/aromatic N) is 4. The summed E-state index contributed by atoms with van der Waals surface area (Å²) in [7, 11) is 2.07. The normalized spacial score (nSPS) is 18.7. The molecule has 0 amide bonds. The second-order valence-electron chi connectivity index (χ2n) is 6.58. The number of imidazole rings is 1. The van der Waals surface area contributed by atoms with E-state index < -0.39 is 0 Å². The highest BCUT2D eigenvalue weighted by atomic mass is 15.2. The number of pyridine rings is 1. The number of aryl methyl sites for hydroxylation is 1. The standard InChI is InChI=1S/C19H22N4/c1-22-9-7-20-19(22)14-23-8-6-15(13-23)10-16-11-17-4-2-3-5-18(17)21-12-16/h2-5,7,9,11-12,15H,6,8,10,13-14H2,1H3. The summed E-state index contributed by atoms with van der Waals surface area (Å²) in [6.07, 6.45) is 8.32. The molecular weight excluding hydrogens is 284 g/mol. The summed E-state index contributed by atoms with van der Waals surface area (Å²) < 4.78 is 2.11. The lowest BCUT2D eigenvalue weighted by Gasteiger charge is -2.15. The Balaban J connectivity index is 1.40. The summed E-state index contributed by atoms with van der Waals surface area (Å²) in [6, 6.07) is 10.6. The highest BCUT2D eigenvalue weighted by molar-refractivity contribution is 5.78. The maximum atomic E-state index is 4.59. The first-order valence-electron chi connectivity index (χ1n) is 8.30. The molecule has 1 aromatic carbocycles. The van der Waals surface area contributed by atoms with Crippen molar-refractivity contribution in [1.29, 1.82) is 0 Å². The predicted molar refractivity (Wildman–Crippen MR) is 92.0 cm³/mol. The van der Waals surface area contributed by atoms with Crippen LogP contribution in [-0.2, 0) is 20.0 Å². The van der Waals surface area contributed by atoms with Crippen LogP contribution in [0.15, 0.2) is 48.9 Å². The molecule has 4 heteroatoms. The van der Waals surface area contributed by atoms with Gasteiger partial charge in [-0.15, -0.1) is 0 Å². The molecule has 3 aromatic rings. The molecule has 0 aliphatic carbocycles. The molecule has 23 heavy (non-hydrogen) atoms. The number of rotatable bonds is 4. The fourth-order valence-electron chi connectivity index (χ4n) is 3.53. The molecule has 0 N–H and O–H groups in total. The molecule has 1 saturated heterocycles. The zero-order chi connectivity index (χ0) is 15.6. The molecule has 4 nitrogen and oxygen atoms in total. The van der Waals surface area contributed by atoms with Crippen molar-refractivity contribution in [3.8, 4) is 0 Å². The maximum absolute atomic E-state index is 4.59. The van der Waals surface area contributed by atoms with Gasteiger partial charge < -0.3 is 4.57 Å². The van der Waals surface area contributed by atoms with E-state index in [1.807, 2.05) is 24.7 Å².